The van der Waals surface area contributed by atoms with Gasteiger partial charge in [-0.25, -0.2) is 4.79 Å². The minimum Gasteiger partial charge on any atom is -0.493 e. The summed E-state index contributed by atoms with van der Waals surface area (Å²) in [5.41, 5.74) is 2.82. The first kappa shape index (κ1) is 28.6. The van der Waals surface area contributed by atoms with Gasteiger partial charge in [-0.2, -0.15) is 0 Å². The molecule has 1 heterocycles. The molecular weight excluding hydrogens is 482 g/mol. The zero-order chi connectivity index (χ0) is 27.5. The van der Waals surface area contributed by atoms with Gasteiger partial charge in [0.2, 0.25) is 5.91 Å². The van der Waals surface area contributed by atoms with Gasteiger partial charge in [0.25, 0.3) is 0 Å². The van der Waals surface area contributed by atoms with Gasteiger partial charge >= 0.3 is 6.03 Å². The lowest BCUT2D eigenvalue weighted by molar-refractivity contribution is -0.132. The number of nitrogens with one attached hydrogen (secondary N) is 1. The largest absolute Gasteiger partial charge is 0.493 e. The molecule has 3 aromatic rings. The first-order chi connectivity index (χ1) is 18.3. The number of amides is 3. The molecular formula is C30H39N3O5. The third-order valence-electron chi connectivity index (χ3n) is 6.31. The Labute approximate surface area is 225 Å². The molecule has 0 spiro atoms. The number of nitrogens with zero attached hydrogens (tertiary/aromatic N) is 2. The predicted molar refractivity (Wildman–Crippen MR) is 149 cm³/mol. The van der Waals surface area contributed by atoms with Gasteiger partial charge in [-0.05, 0) is 68.7 Å². The Kier molecular flexibility index (Phi) is 10.6. The number of ether oxygens (including phenoxy) is 2. The number of hydrogen-bond donors (Lipinski definition) is 1. The standard InChI is InChI=1S/C30H39N3O5/c1-6-7-17-33(30(35)31-25-12-8-22(2)9-13-25)21-29(34)32(20-26-14-10-23(3)38-26)18-16-24-11-15-27(36-4)28(19-24)37-5/h8-15,19H,6-7,16-18,20-21H2,1-5H3,(H,31,35). The van der Waals surface area contributed by atoms with Crippen molar-refractivity contribution in [3.63, 3.8) is 0 Å². The van der Waals surface area contributed by atoms with E-state index < -0.39 is 0 Å². The fourth-order valence-corrected chi connectivity index (χ4v) is 4.05. The molecule has 8 heteroatoms. The van der Waals surface area contributed by atoms with E-state index in [2.05, 4.69) is 12.2 Å². The Bertz CT molecular complexity index is 1190. The van der Waals surface area contributed by atoms with Crippen LogP contribution in [0, 0.1) is 13.8 Å². The van der Waals surface area contributed by atoms with Gasteiger partial charge in [0, 0.05) is 18.8 Å². The van der Waals surface area contributed by atoms with Crippen LogP contribution in [0.3, 0.4) is 0 Å². The van der Waals surface area contributed by atoms with Gasteiger partial charge in [-0.15, -0.1) is 0 Å². The summed E-state index contributed by atoms with van der Waals surface area (Å²) in [7, 11) is 3.20. The third-order valence-corrected chi connectivity index (χ3v) is 6.31. The number of anilines is 1. The number of hydrogen-bond acceptors (Lipinski definition) is 5. The summed E-state index contributed by atoms with van der Waals surface area (Å²) in [6, 6.07) is 16.8. The van der Waals surface area contributed by atoms with Gasteiger partial charge < -0.3 is 29.0 Å². The second kappa shape index (κ2) is 14.1. The number of aryl methyl sites for hydroxylation is 2. The molecule has 0 atom stereocenters. The zero-order valence-corrected chi connectivity index (χ0v) is 23.1. The van der Waals surface area contributed by atoms with E-state index in [0.29, 0.717) is 49.0 Å². The van der Waals surface area contributed by atoms with Crippen LogP contribution in [0.15, 0.2) is 59.0 Å². The Morgan fingerprint density at radius 1 is 0.895 bits per heavy atom. The number of furan rings is 1. The van der Waals surface area contributed by atoms with Crippen molar-refractivity contribution in [2.75, 3.05) is 39.2 Å². The van der Waals surface area contributed by atoms with Crippen LogP contribution in [0.2, 0.25) is 0 Å². The molecule has 3 amide bonds. The SMILES string of the molecule is CCCCN(CC(=O)N(CCc1ccc(OC)c(OC)c1)Cc1ccc(C)o1)C(=O)Nc1ccc(C)cc1. The fourth-order valence-electron chi connectivity index (χ4n) is 4.05. The maximum absolute atomic E-state index is 13.6. The lowest BCUT2D eigenvalue weighted by Crippen LogP contribution is -2.45. The molecule has 0 aliphatic heterocycles. The first-order valence-electron chi connectivity index (χ1n) is 13.0. The van der Waals surface area contributed by atoms with Gasteiger partial charge in [0.1, 0.15) is 18.1 Å². The molecule has 3 rings (SSSR count). The van der Waals surface area contributed by atoms with E-state index in [1.54, 1.807) is 24.0 Å². The molecule has 0 bridgehead atoms. The van der Waals surface area contributed by atoms with Crippen molar-refractivity contribution in [2.45, 2.75) is 46.6 Å². The second-order valence-electron chi connectivity index (χ2n) is 9.34. The lowest BCUT2D eigenvalue weighted by atomic mass is 10.1. The Morgan fingerprint density at radius 2 is 1.63 bits per heavy atom. The van der Waals surface area contributed by atoms with Crippen molar-refractivity contribution in [3.8, 4) is 11.5 Å². The summed E-state index contributed by atoms with van der Waals surface area (Å²) in [5, 5.41) is 2.93. The van der Waals surface area contributed by atoms with E-state index in [0.717, 1.165) is 29.7 Å². The van der Waals surface area contributed by atoms with Crippen molar-refractivity contribution < 1.29 is 23.5 Å². The van der Waals surface area contributed by atoms with E-state index in [-0.39, 0.29) is 18.5 Å². The second-order valence-corrected chi connectivity index (χ2v) is 9.34. The van der Waals surface area contributed by atoms with Crippen molar-refractivity contribution in [1.29, 1.82) is 0 Å². The van der Waals surface area contributed by atoms with Gasteiger partial charge in [-0.1, -0.05) is 37.1 Å². The maximum Gasteiger partial charge on any atom is 0.322 e. The van der Waals surface area contributed by atoms with Crippen molar-refractivity contribution in [2.24, 2.45) is 0 Å². The van der Waals surface area contributed by atoms with Crippen LogP contribution < -0.4 is 14.8 Å². The molecule has 1 N–H and O–H groups in total. The van der Waals surface area contributed by atoms with Gasteiger partial charge in [0.05, 0.1) is 20.8 Å². The number of carbonyl (C=O) groups excluding carboxylic acids is 2. The van der Waals surface area contributed by atoms with Gasteiger partial charge in [0.15, 0.2) is 11.5 Å². The number of benzene rings is 2. The number of carbonyl (C=O) groups is 2. The number of methoxy groups -OCH3 is 2. The van der Waals surface area contributed by atoms with Gasteiger partial charge in [-0.3, -0.25) is 4.79 Å². The highest BCUT2D eigenvalue weighted by molar-refractivity contribution is 5.92. The molecule has 0 saturated carbocycles. The number of urea groups is 1. The van der Waals surface area contributed by atoms with E-state index in [1.807, 2.05) is 68.4 Å². The van der Waals surface area contributed by atoms with Crippen molar-refractivity contribution in [3.05, 3.63) is 77.2 Å². The van der Waals surface area contributed by atoms with Crippen LogP contribution in [0.25, 0.3) is 0 Å². The number of rotatable bonds is 13. The smallest absolute Gasteiger partial charge is 0.322 e. The zero-order valence-electron chi connectivity index (χ0n) is 23.1. The first-order valence-corrected chi connectivity index (χ1v) is 13.0. The predicted octanol–water partition coefficient (Wildman–Crippen LogP) is 5.82. The monoisotopic (exact) mass is 521 g/mol. The minimum absolute atomic E-state index is 0.0245. The molecule has 38 heavy (non-hydrogen) atoms. The summed E-state index contributed by atoms with van der Waals surface area (Å²) in [5.74, 6) is 2.64. The molecule has 0 radical (unpaired) electrons. The highest BCUT2D eigenvalue weighted by atomic mass is 16.5. The molecule has 0 saturated heterocycles. The fraction of sp³-hybridized carbons (Fsp3) is 0.400. The van der Waals surface area contributed by atoms with Crippen molar-refractivity contribution >= 4 is 17.6 Å². The lowest BCUT2D eigenvalue weighted by Gasteiger charge is -2.27. The molecule has 0 aliphatic rings. The highest BCUT2D eigenvalue weighted by Gasteiger charge is 2.22. The summed E-state index contributed by atoms with van der Waals surface area (Å²) in [6.45, 7) is 7.17. The van der Waals surface area contributed by atoms with E-state index in [1.165, 1.54) is 0 Å². The molecule has 8 nitrogen and oxygen atoms in total. The van der Waals surface area contributed by atoms with Crippen molar-refractivity contribution in [1.82, 2.24) is 9.80 Å². The quantitative estimate of drug-likeness (QED) is 0.306. The minimum atomic E-state index is -0.288. The van der Waals surface area contributed by atoms with Crippen LogP contribution in [0.4, 0.5) is 10.5 Å². The third kappa shape index (κ3) is 8.30. The highest BCUT2D eigenvalue weighted by Crippen LogP contribution is 2.28. The Hall–Kier alpha value is -3.94. The molecule has 0 fully saturated rings. The topological polar surface area (TPSA) is 84.2 Å². The normalized spacial score (nSPS) is 10.7. The van der Waals surface area contributed by atoms with Crippen LogP contribution in [0.5, 0.6) is 11.5 Å². The van der Waals surface area contributed by atoms with E-state index in [4.69, 9.17) is 13.9 Å². The van der Waals surface area contributed by atoms with Crippen LogP contribution >= 0.6 is 0 Å². The summed E-state index contributed by atoms with van der Waals surface area (Å²) in [6.07, 6.45) is 2.32. The molecule has 0 aliphatic carbocycles. The van der Waals surface area contributed by atoms with Crippen LogP contribution in [-0.2, 0) is 17.8 Å². The van der Waals surface area contributed by atoms with Crippen LogP contribution in [-0.4, -0.2) is 55.6 Å². The summed E-state index contributed by atoms with van der Waals surface area (Å²) >= 11 is 0. The average molecular weight is 522 g/mol. The molecule has 204 valence electrons. The van der Waals surface area contributed by atoms with E-state index >= 15 is 0 Å². The molecule has 2 aromatic carbocycles. The summed E-state index contributed by atoms with van der Waals surface area (Å²) in [4.78, 5) is 30.1. The Morgan fingerprint density at radius 3 is 2.26 bits per heavy atom. The average Bonchev–Trinajstić information content (AvgIpc) is 3.34. The summed E-state index contributed by atoms with van der Waals surface area (Å²) < 4.78 is 16.5. The van der Waals surface area contributed by atoms with Crippen LogP contribution in [0.1, 0.15) is 42.4 Å². The van der Waals surface area contributed by atoms with E-state index in [9.17, 15) is 9.59 Å². The molecule has 1 aromatic heterocycles. The molecule has 0 unspecified atom stereocenters. The maximum atomic E-state index is 13.6. The number of unbranched alkanes of at least 4 members (excludes halogenated alkanes) is 1. The Balaban J connectivity index is 1.75.